The molecule has 1 amide bonds. The summed E-state index contributed by atoms with van der Waals surface area (Å²) in [5.41, 5.74) is 9.67. The number of aromatic nitrogens is 2. The molecule has 2 heterocycles. The van der Waals surface area contributed by atoms with E-state index in [0.29, 0.717) is 38.0 Å². The number of carbonyl (C=O) groups is 1. The van der Waals surface area contributed by atoms with Gasteiger partial charge in [0.25, 0.3) is 0 Å². The Morgan fingerprint density at radius 2 is 1.86 bits per heavy atom. The van der Waals surface area contributed by atoms with Crippen molar-refractivity contribution in [1.29, 1.82) is 0 Å². The lowest BCUT2D eigenvalue weighted by atomic mass is 10.1. The zero-order chi connectivity index (χ0) is 20.2. The molecule has 0 radical (unpaired) electrons. The summed E-state index contributed by atoms with van der Waals surface area (Å²) < 4.78 is 5.78. The van der Waals surface area contributed by atoms with Crippen LogP contribution in [0.5, 0.6) is 0 Å². The van der Waals surface area contributed by atoms with Crippen molar-refractivity contribution in [2.75, 3.05) is 24.5 Å². The van der Waals surface area contributed by atoms with Crippen LogP contribution in [0.15, 0.2) is 59.0 Å². The van der Waals surface area contributed by atoms with E-state index >= 15 is 0 Å². The minimum absolute atomic E-state index is 0.0473. The lowest BCUT2D eigenvalue weighted by molar-refractivity contribution is -0.131. The first kappa shape index (κ1) is 19.1. The highest BCUT2D eigenvalue weighted by Gasteiger charge is 2.28. The molecule has 7 heteroatoms. The van der Waals surface area contributed by atoms with E-state index in [1.165, 1.54) is 5.56 Å². The van der Waals surface area contributed by atoms with Gasteiger partial charge in [-0.3, -0.25) is 4.79 Å². The third-order valence-corrected chi connectivity index (χ3v) is 5.09. The van der Waals surface area contributed by atoms with Gasteiger partial charge in [0.05, 0.1) is 6.04 Å². The Kier molecular flexibility index (Phi) is 5.57. The van der Waals surface area contributed by atoms with E-state index in [4.69, 9.17) is 10.2 Å². The van der Waals surface area contributed by atoms with E-state index in [9.17, 15) is 4.79 Å². The number of benzene rings is 2. The molecule has 0 bridgehead atoms. The van der Waals surface area contributed by atoms with Crippen LogP contribution in [0.1, 0.15) is 28.6 Å². The number of nitrogens with two attached hydrogens (primary N) is 1. The summed E-state index contributed by atoms with van der Waals surface area (Å²) in [5.74, 6) is 0.435. The number of hydrogen-bond acceptors (Lipinski definition) is 6. The molecule has 1 aromatic heterocycles. The molecule has 2 N–H and O–H groups in total. The number of carbonyl (C=O) groups excluding carboxylic acids is 1. The molecule has 0 saturated carbocycles. The van der Waals surface area contributed by atoms with E-state index in [-0.39, 0.29) is 18.5 Å². The second-order valence-electron chi connectivity index (χ2n) is 7.44. The fourth-order valence-corrected chi connectivity index (χ4v) is 3.53. The van der Waals surface area contributed by atoms with Crippen LogP contribution in [-0.2, 0) is 17.8 Å². The van der Waals surface area contributed by atoms with Crippen LogP contribution in [0, 0.1) is 6.92 Å². The Morgan fingerprint density at radius 3 is 2.62 bits per heavy atom. The van der Waals surface area contributed by atoms with E-state index < -0.39 is 0 Å². The summed E-state index contributed by atoms with van der Waals surface area (Å²) in [4.78, 5) is 16.3. The molecular weight excluding hydrogens is 366 g/mol. The van der Waals surface area contributed by atoms with Gasteiger partial charge in [-0.15, -0.1) is 5.10 Å². The quantitative estimate of drug-likeness (QED) is 0.694. The van der Waals surface area contributed by atoms with Crippen molar-refractivity contribution < 1.29 is 9.21 Å². The van der Waals surface area contributed by atoms with Gasteiger partial charge in [-0.1, -0.05) is 65.3 Å². The fourth-order valence-electron chi connectivity index (χ4n) is 3.53. The Balaban J connectivity index is 1.36. The topological polar surface area (TPSA) is 88.5 Å². The number of aryl methyl sites for hydroxylation is 1. The molecule has 0 spiro atoms. The number of rotatable bonds is 6. The van der Waals surface area contributed by atoms with Gasteiger partial charge in [-0.25, -0.2) is 0 Å². The average Bonchev–Trinajstić information content (AvgIpc) is 3.21. The number of nitrogens with zero attached hydrogens (tertiary/aromatic N) is 4. The van der Waals surface area contributed by atoms with E-state index in [2.05, 4.69) is 29.3 Å². The molecular formula is C22H25N5O2. The normalized spacial score (nSPS) is 15.6. The Bertz CT molecular complexity index is 972. The van der Waals surface area contributed by atoms with Crippen molar-refractivity contribution in [3.05, 3.63) is 77.2 Å². The zero-order valence-electron chi connectivity index (χ0n) is 16.5. The lowest BCUT2D eigenvalue weighted by Gasteiger charge is -2.33. The first-order valence-corrected chi connectivity index (χ1v) is 9.79. The minimum Gasteiger partial charge on any atom is -0.406 e. The summed E-state index contributed by atoms with van der Waals surface area (Å²) in [6.45, 7) is 4.15. The number of amides is 1. The zero-order valence-corrected chi connectivity index (χ0v) is 16.5. The molecule has 0 unspecified atom stereocenters. The smallest absolute Gasteiger partial charge is 0.318 e. The van der Waals surface area contributed by atoms with Crippen molar-refractivity contribution in [2.45, 2.75) is 25.9 Å². The largest absolute Gasteiger partial charge is 0.406 e. The summed E-state index contributed by atoms with van der Waals surface area (Å²) in [5, 5.41) is 8.22. The molecule has 4 rings (SSSR count). The lowest BCUT2D eigenvalue weighted by Crippen LogP contribution is -2.50. The van der Waals surface area contributed by atoms with Crippen molar-refractivity contribution in [3.63, 3.8) is 0 Å². The highest BCUT2D eigenvalue weighted by molar-refractivity contribution is 5.82. The first-order chi connectivity index (χ1) is 14.1. The molecule has 2 aromatic carbocycles. The van der Waals surface area contributed by atoms with Crippen LogP contribution in [-0.4, -0.2) is 40.6 Å². The summed E-state index contributed by atoms with van der Waals surface area (Å²) in [7, 11) is 0. The maximum atomic E-state index is 12.6. The number of piperazine rings is 1. The van der Waals surface area contributed by atoms with Gasteiger partial charge in [0.1, 0.15) is 6.54 Å². The molecule has 1 fully saturated rings. The molecule has 29 heavy (non-hydrogen) atoms. The third kappa shape index (κ3) is 4.63. The van der Waals surface area contributed by atoms with Gasteiger partial charge in [-0.2, -0.15) is 0 Å². The highest BCUT2D eigenvalue weighted by Crippen LogP contribution is 2.21. The number of hydrogen-bond donors (Lipinski definition) is 1. The van der Waals surface area contributed by atoms with Crippen LogP contribution in [0.2, 0.25) is 0 Å². The van der Waals surface area contributed by atoms with E-state index in [1.807, 2.05) is 52.3 Å². The molecule has 1 aliphatic rings. The monoisotopic (exact) mass is 391 g/mol. The molecule has 150 valence electrons. The SMILES string of the molecule is Cc1cccc(CN2CCN(c3nnc([C@H](N)Cc4ccccc4)o3)CC2=O)c1. The van der Waals surface area contributed by atoms with Crippen LogP contribution in [0.4, 0.5) is 6.01 Å². The Labute approximate surface area is 170 Å². The van der Waals surface area contributed by atoms with Crippen LogP contribution in [0.25, 0.3) is 0 Å². The first-order valence-electron chi connectivity index (χ1n) is 9.79. The van der Waals surface area contributed by atoms with Gasteiger partial charge in [0.2, 0.25) is 11.8 Å². The van der Waals surface area contributed by atoms with Gasteiger partial charge in [-0.05, 0) is 24.5 Å². The summed E-state index contributed by atoms with van der Waals surface area (Å²) in [6.07, 6.45) is 0.617. The van der Waals surface area contributed by atoms with Crippen molar-refractivity contribution in [2.24, 2.45) is 5.73 Å². The van der Waals surface area contributed by atoms with Gasteiger partial charge in [0.15, 0.2) is 0 Å². The van der Waals surface area contributed by atoms with Gasteiger partial charge < -0.3 is 20.0 Å². The standard InChI is InChI=1S/C22H25N5O2/c1-16-6-5-9-18(12-16)14-26-10-11-27(15-20(26)28)22-25-24-21(29-22)19(23)13-17-7-3-2-4-8-17/h2-9,12,19H,10-11,13-15,23H2,1H3/t19-/m1/s1. The van der Waals surface area contributed by atoms with Crippen molar-refractivity contribution in [3.8, 4) is 0 Å². The molecule has 1 saturated heterocycles. The predicted octanol–water partition coefficient (Wildman–Crippen LogP) is 2.47. The average molecular weight is 391 g/mol. The van der Waals surface area contributed by atoms with Gasteiger partial charge in [0, 0.05) is 19.6 Å². The maximum absolute atomic E-state index is 12.6. The second kappa shape index (κ2) is 8.45. The Morgan fingerprint density at radius 1 is 1.07 bits per heavy atom. The molecule has 1 aliphatic heterocycles. The predicted molar refractivity (Wildman–Crippen MR) is 110 cm³/mol. The second-order valence-corrected chi connectivity index (χ2v) is 7.44. The molecule has 7 nitrogen and oxygen atoms in total. The van der Waals surface area contributed by atoms with Gasteiger partial charge >= 0.3 is 6.01 Å². The van der Waals surface area contributed by atoms with Crippen molar-refractivity contribution >= 4 is 11.9 Å². The fraction of sp³-hybridized carbons (Fsp3) is 0.318. The van der Waals surface area contributed by atoms with Crippen LogP contribution >= 0.6 is 0 Å². The highest BCUT2D eigenvalue weighted by atomic mass is 16.4. The van der Waals surface area contributed by atoms with Crippen molar-refractivity contribution in [1.82, 2.24) is 15.1 Å². The molecule has 1 atom stereocenters. The van der Waals surface area contributed by atoms with Crippen LogP contribution in [0.3, 0.4) is 0 Å². The number of anilines is 1. The van der Waals surface area contributed by atoms with E-state index in [0.717, 1.165) is 11.1 Å². The minimum atomic E-state index is -0.378. The molecule has 0 aliphatic carbocycles. The van der Waals surface area contributed by atoms with E-state index in [1.54, 1.807) is 0 Å². The Hall–Kier alpha value is -3.19. The summed E-state index contributed by atoms with van der Waals surface area (Å²) >= 11 is 0. The molecule has 3 aromatic rings. The van der Waals surface area contributed by atoms with Crippen LogP contribution < -0.4 is 10.6 Å². The third-order valence-electron chi connectivity index (χ3n) is 5.09. The summed E-state index contributed by atoms with van der Waals surface area (Å²) in [6, 6.07) is 18.2. The maximum Gasteiger partial charge on any atom is 0.318 e.